The molecule has 1 aliphatic rings. The van der Waals surface area contributed by atoms with Crippen molar-refractivity contribution in [2.24, 2.45) is 0 Å². The molecule has 1 unspecified atom stereocenters. The van der Waals surface area contributed by atoms with Crippen molar-refractivity contribution in [3.8, 4) is 0 Å². The highest BCUT2D eigenvalue weighted by atomic mass is 35.5. The average Bonchev–Trinajstić information content (AvgIpc) is 2.59. The Kier molecular flexibility index (Phi) is 6.20. The Balaban J connectivity index is 0.00000192. The number of hydrogen-bond donors (Lipinski definition) is 2. The number of fused-ring (bicyclic) bond motifs is 1. The number of benzene rings is 2. The second kappa shape index (κ2) is 8.14. The molecule has 0 saturated heterocycles. The van der Waals surface area contributed by atoms with Crippen LogP contribution in [0.4, 0.5) is 0 Å². The summed E-state index contributed by atoms with van der Waals surface area (Å²) in [5.41, 5.74) is 4.57. The summed E-state index contributed by atoms with van der Waals surface area (Å²) in [7, 11) is 0. The Hall–Kier alpha value is -1.84. The summed E-state index contributed by atoms with van der Waals surface area (Å²) in [5, 5.41) is 6.58. The minimum atomic E-state index is 0. The van der Waals surface area contributed by atoms with E-state index in [1.807, 2.05) is 24.3 Å². The maximum atomic E-state index is 12.4. The Morgan fingerprint density at radius 3 is 2.74 bits per heavy atom. The molecule has 122 valence electrons. The topological polar surface area (TPSA) is 41.1 Å². The van der Waals surface area contributed by atoms with E-state index < -0.39 is 0 Å². The first-order valence-corrected chi connectivity index (χ1v) is 7.97. The standard InChI is InChI=1S/C19H22N2O.ClH/c1-2-14-7-3-6-10-17(14)19(22)21-13-18-16-9-5-4-8-15(16)11-12-20-18;/h3-10,18,20H,2,11-13H2,1H3,(H,21,22);1H. The molecule has 1 atom stereocenters. The zero-order chi connectivity index (χ0) is 15.4. The predicted octanol–water partition coefficient (Wildman–Crippen LogP) is 3.29. The van der Waals surface area contributed by atoms with Gasteiger partial charge in [-0.2, -0.15) is 0 Å². The minimum absolute atomic E-state index is 0. The SMILES string of the molecule is CCc1ccccc1C(=O)NCC1NCCc2ccccc21.Cl. The smallest absolute Gasteiger partial charge is 0.251 e. The van der Waals surface area contributed by atoms with Gasteiger partial charge in [-0.1, -0.05) is 49.4 Å². The van der Waals surface area contributed by atoms with Crippen molar-refractivity contribution in [3.05, 3.63) is 70.8 Å². The van der Waals surface area contributed by atoms with Crippen LogP contribution < -0.4 is 10.6 Å². The second-order valence-electron chi connectivity index (χ2n) is 5.68. The van der Waals surface area contributed by atoms with Crippen molar-refractivity contribution in [2.45, 2.75) is 25.8 Å². The van der Waals surface area contributed by atoms with Crippen LogP contribution in [0.5, 0.6) is 0 Å². The molecule has 0 fully saturated rings. The van der Waals surface area contributed by atoms with Gasteiger partial charge in [-0.15, -0.1) is 12.4 Å². The number of carbonyl (C=O) groups is 1. The van der Waals surface area contributed by atoms with Gasteiger partial charge in [0.05, 0.1) is 0 Å². The van der Waals surface area contributed by atoms with E-state index in [9.17, 15) is 4.79 Å². The lowest BCUT2D eigenvalue weighted by Crippen LogP contribution is -2.39. The molecular formula is C19H23ClN2O. The lowest BCUT2D eigenvalue weighted by molar-refractivity contribution is 0.0948. The van der Waals surface area contributed by atoms with Crippen LogP contribution in [-0.4, -0.2) is 19.0 Å². The van der Waals surface area contributed by atoms with Gasteiger partial charge in [0.15, 0.2) is 0 Å². The van der Waals surface area contributed by atoms with Gasteiger partial charge in [0, 0.05) is 18.2 Å². The van der Waals surface area contributed by atoms with Crippen LogP contribution in [0.2, 0.25) is 0 Å². The van der Waals surface area contributed by atoms with E-state index in [1.54, 1.807) is 0 Å². The molecule has 4 heteroatoms. The predicted molar refractivity (Wildman–Crippen MR) is 96.3 cm³/mol. The fourth-order valence-corrected chi connectivity index (χ4v) is 3.12. The van der Waals surface area contributed by atoms with Gasteiger partial charge in [-0.3, -0.25) is 4.79 Å². The molecule has 3 rings (SSSR count). The maximum Gasteiger partial charge on any atom is 0.251 e. The summed E-state index contributed by atoms with van der Waals surface area (Å²) < 4.78 is 0. The Morgan fingerprint density at radius 1 is 1.17 bits per heavy atom. The first-order chi connectivity index (χ1) is 10.8. The van der Waals surface area contributed by atoms with Gasteiger partial charge < -0.3 is 10.6 Å². The highest BCUT2D eigenvalue weighted by Crippen LogP contribution is 2.22. The van der Waals surface area contributed by atoms with Gasteiger partial charge in [0.1, 0.15) is 0 Å². The van der Waals surface area contributed by atoms with E-state index in [0.29, 0.717) is 6.54 Å². The normalized spacial score (nSPS) is 16.1. The van der Waals surface area contributed by atoms with Crippen molar-refractivity contribution in [1.29, 1.82) is 0 Å². The molecule has 1 aliphatic heterocycles. The molecule has 0 aromatic heterocycles. The van der Waals surface area contributed by atoms with Crippen molar-refractivity contribution >= 4 is 18.3 Å². The Labute approximate surface area is 143 Å². The van der Waals surface area contributed by atoms with Crippen molar-refractivity contribution in [3.63, 3.8) is 0 Å². The molecule has 0 saturated carbocycles. The Bertz CT molecular complexity index is 672. The third-order valence-corrected chi connectivity index (χ3v) is 4.33. The molecule has 0 bridgehead atoms. The van der Waals surface area contributed by atoms with Crippen LogP contribution in [0.15, 0.2) is 48.5 Å². The summed E-state index contributed by atoms with van der Waals surface area (Å²) in [6, 6.07) is 16.5. The van der Waals surface area contributed by atoms with E-state index >= 15 is 0 Å². The van der Waals surface area contributed by atoms with Gasteiger partial charge >= 0.3 is 0 Å². The monoisotopic (exact) mass is 330 g/mol. The third kappa shape index (κ3) is 3.92. The van der Waals surface area contributed by atoms with E-state index in [4.69, 9.17) is 0 Å². The molecule has 2 aromatic carbocycles. The van der Waals surface area contributed by atoms with E-state index in [1.165, 1.54) is 11.1 Å². The fraction of sp³-hybridized carbons (Fsp3) is 0.316. The molecule has 2 aromatic rings. The lowest BCUT2D eigenvalue weighted by Gasteiger charge is -2.27. The third-order valence-electron chi connectivity index (χ3n) is 4.33. The zero-order valence-corrected chi connectivity index (χ0v) is 14.2. The van der Waals surface area contributed by atoms with E-state index in [-0.39, 0.29) is 24.4 Å². The van der Waals surface area contributed by atoms with Crippen LogP contribution >= 0.6 is 12.4 Å². The summed E-state index contributed by atoms with van der Waals surface area (Å²) in [6.07, 6.45) is 1.92. The van der Waals surface area contributed by atoms with Crippen LogP contribution in [0.25, 0.3) is 0 Å². The molecule has 2 N–H and O–H groups in total. The van der Waals surface area contributed by atoms with Crippen LogP contribution in [0.3, 0.4) is 0 Å². The van der Waals surface area contributed by atoms with Gasteiger partial charge in [-0.25, -0.2) is 0 Å². The molecule has 23 heavy (non-hydrogen) atoms. The first kappa shape index (κ1) is 17.5. The number of halogens is 1. The van der Waals surface area contributed by atoms with Gasteiger partial charge in [0.25, 0.3) is 5.91 Å². The molecule has 0 spiro atoms. The molecule has 1 heterocycles. The quantitative estimate of drug-likeness (QED) is 0.903. The number of aryl methyl sites for hydroxylation is 1. The average molecular weight is 331 g/mol. The van der Waals surface area contributed by atoms with Crippen molar-refractivity contribution in [1.82, 2.24) is 10.6 Å². The van der Waals surface area contributed by atoms with E-state index in [0.717, 1.165) is 30.5 Å². The number of hydrogen-bond acceptors (Lipinski definition) is 2. The highest BCUT2D eigenvalue weighted by Gasteiger charge is 2.20. The summed E-state index contributed by atoms with van der Waals surface area (Å²) in [4.78, 5) is 12.4. The van der Waals surface area contributed by atoms with Crippen LogP contribution in [0, 0.1) is 0 Å². The van der Waals surface area contributed by atoms with Crippen molar-refractivity contribution < 1.29 is 4.79 Å². The molecule has 0 aliphatic carbocycles. The minimum Gasteiger partial charge on any atom is -0.350 e. The Morgan fingerprint density at radius 2 is 1.91 bits per heavy atom. The summed E-state index contributed by atoms with van der Waals surface area (Å²) in [6.45, 7) is 3.65. The lowest BCUT2D eigenvalue weighted by atomic mass is 9.94. The molecule has 3 nitrogen and oxygen atoms in total. The van der Waals surface area contributed by atoms with Gasteiger partial charge in [-0.05, 0) is 42.1 Å². The highest BCUT2D eigenvalue weighted by molar-refractivity contribution is 5.95. The second-order valence-corrected chi connectivity index (χ2v) is 5.68. The van der Waals surface area contributed by atoms with Gasteiger partial charge in [0.2, 0.25) is 0 Å². The number of rotatable bonds is 4. The largest absolute Gasteiger partial charge is 0.350 e. The summed E-state index contributed by atoms with van der Waals surface area (Å²) in [5.74, 6) is 0.0160. The fourth-order valence-electron chi connectivity index (χ4n) is 3.12. The van der Waals surface area contributed by atoms with E-state index in [2.05, 4.69) is 41.8 Å². The van der Waals surface area contributed by atoms with Crippen LogP contribution in [0.1, 0.15) is 40.0 Å². The zero-order valence-electron chi connectivity index (χ0n) is 13.3. The van der Waals surface area contributed by atoms with Crippen LogP contribution in [-0.2, 0) is 12.8 Å². The molecule has 0 radical (unpaired) electrons. The molecule has 1 amide bonds. The summed E-state index contributed by atoms with van der Waals surface area (Å²) >= 11 is 0. The maximum absolute atomic E-state index is 12.4. The number of carbonyl (C=O) groups excluding carboxylic acids is 1. The van der Waals surface area contributed by atoms with Crippen molar-refractivity contribution in [2.75, 3.05) is 13.1 Å². The number of nitrogens with one attached hydrogen (secondary N) is 2. The first-order valence-electron chi connectivity index (χ1n) is 7.97. The molecular weight excluding hydrogens is 308 g/mol. The number of amides is 1.